The van der Waals surface area contributed by atoms with Gasteiger partial charge in [-0.1, -0.05) is 55.5 Å². The Hall–Kier alpha value is -1.64. The Kier molecular flexibility index (Phi) is 5.33. The van der Waals surface area contributed by atoms with Gasteiger partial charge in [0.15, 0.2) is 0 Å². The van der Waals surface area contributed by atoms with Crippen LogP contribution in [-0.2, 0) is 13.1 Å². The molecular weight excluding hydrogens is 244 g/mol. The molecule has 2 aromatic carbocycles. The predicted octanol–water partition coefficient (Wildman–Crippen LogP) is 3.52. The van der Waals surface area contributed by atoms with E-state index in [0.29, 0.717) is 0 Å². The zero-order chi connectivity index (χ0) is 14.4. The van der Waals surface area contributed by atoms with Crippen molar-refractivity contribution in [2.45, 2.75) is 20.0 Å². The average molecular weight is 268 g/mol. The smallest absolute Gasteiger partial charge is 0.0230 e. The van der Waals surface area contributed by atoms with Crippen LogP contribution in [0.1, 0.15) is 18.1 Å². The number of hydrogen-bond acceptors (Lipinski definition) is 2. The first-order valence-electron chi connectivity index (χ1n) is 7.25. The van der Waals surface area contributed by atoms with E-state index in [9.17, 15) is 0 Å². The number of nitrogens with zero attached hydrogens (tertiary/aromatic N) is 1. The Morgan fingerprint density at radius 1 is 1.00 bits per heavy atom. The lowest BCUT2D eigenvalue weighted by Crippen LogP contribution is -2.16. The Labute approximate surface area is 122 Å². The molecule has 106 valence electrons. The maximum absolute atomic E-state index is 3.23. The fourth-order valence-corrected chi connectivity index (χ4v) is 2.36. The highest BCUT2D eigenvalue weighted by molar-refractivity contribution is 5.67. The zero-order valence-electron chi connectivity index (χ0n) is 12.7. The van der Waals surface area contributed by atoms with Gasteiger partial charge < -0.3 is 10.2 Å². The molecule has 0 saturated carbocycles. The highest BCUT2D eigenvalue weighted by Gasteiger charge is 2.04. The summed E-state index contributed by atoms with van der Waals surface area (Å²) >= 11 is 0. The molecule has 20 heavy (non-hydrogen) atoms. The van der Waals surface area contributed by atoms with Crippen molar-refractivity contribution < 1.29 is 0 Å². The Morgan fingerprint density at radius 3 is 2.35 bits per heavy atom. The highest BCUT2D eigenvalue weighted by atomic mass is 15.1. The van der Waals surface area contributed by atoms with Crippen molar-refractivity contribution in [3.63, 3.8) is 0 Å². The maximum Gasteiger partial charge on any atom is 0.0230 e. The minimum absolute atomic E-state index is 0.899. The van der Waals surface area contributed by atoms with E-state index in [0.717, 1.165) is 19.6 Å². The monoisotopic (exact) mass is 268 g/mol. The summed E-state index contributed by atoms with van der Waals surface area (Å²) in [6, 6.07) is 17.5. The molecular formula is C18H24N2. The second-order valence-corrected chi connectivity index (χ2v) is 5.21. The quantitative estimate of drug-likeness (QED) is 0.862. The van der Waals surface area contributed by atoms with Crippen LogP contribution < -0.4 is 5.32 Å². The molecule has 0 bridgehead atoms. The predicted molar refractivity (Wildman–Crippen MR) is 86.6 cm³/mol. The molecule has 0 heterocycles. The molecule has 2 nitrogen and oxygen atoms in total. The molecule has 2 aromatic rings. The van der Waals surface area contributed by atoms with Crippen LogP contribution in [0.15, 0.2) is 48.5 Å². The number of rotatable bonds is 6. The van der Waals surface area contributed by atoms with Gasteiger partial charge in [0.05, 0.1) is 0 Å². The molecule has 0 aromatic heterocycles. The van der Waals surface area contributed by atoms with Gasteiger partial charge in [-0.3, -0.25) is 0 Å². The molecule has 2 heteroatoms. The lowest BCUT2D eigenvalue weighted by Gasteiger charge is -2.14. The number of benzene rings is 2. The van der Waals surface area contributed by atoms with Crippen LogP contribution >= 0.6 is 0 Å². The van der Waals surface area contributed by atoms with Crippen LogP contribution in [0.25, 0.3) is 11.1 Å². The van der Waals surface area contributed by atoms with Crippen LogP contribution in [0, 0.1) is 0 Å². The van der Waals surface area contributed by atoms with Gasteiger partial charge in [0.2, 0.25) is 0 Å². The minimum Gasteiger partial charge on any atom is -0.316 e. The standard InChI is InChI=1S/C18H24N2/c1-4-20(3)14-15-9-11-16(12-10-15)18-8-6-5-7-17(18)13-19-2/h5-12,19H,4,13-14H2,1-3H3. The zero-order valence-corrected chi connectivity index (χ0v) is 12.7. The van der Waals surface area contributed by atoms with Crippen LogP contribution in [0.5, 0.6) is 0 Å². The van der Waals surface area contributed by atoms with Gasteiger partial charge in [0, 0.05) is 13.1 Å². The normalized spacial score (nSPS) is 11.0. The minimum atomic E-state index is 0.899. The van der Waals surface area contributed by atoms with Gasteiger partial charge in [0.1, 0.15) is 0 Å². The summed E-state index contributed by atoms with van der Waals surface area (Å²) in [6.07, 6.45) is 0. The lowest BCUT2D eigenvalue weighted by molar-refractivity contribution is 0.346. The molecule has 0 saturated heterocycles. The molecule has 0 fully saturated rings. The molecule has 0 radical (unpaired) electrons. The summed E-state index contributed by atoms with van der Waals surface area (Å²) in [5, 5.41) is 3.23. The van der Waals surface area contributed by atoms with E-state index >= 15 is 0 Å². The molecule has 0 aliphatic carbocycles. The van der Waals surface area contributed by atoms with Gasteiger partial charge >= 0.3 is 0 Å². The maximum atomic E-state index is 3.23. The number of hydrogen-bond donors (Lipinski definition) is 1. The third-order valence-electron chi connectivity index (χ3n) is 3.64. The van der Waals surface area contributed by atoms with Crippen LogP contribution in [0.2, 0.25) is 0 Å². The summed E-state index contributed by atoms with van der Waals surface area (Å²) in [4.78, 5) is 2.31. The van der Waals surface area contributed by atoms with Gasteiger partial charge in [-0.15, -0.1) is 0 Å². The molecule has 0 aliphatic heterocycles. The average Bonchev–Trinajstić information content (AvgIpc) is 2.49. The summed E-state index contributed by atoms with van der Waals surface area (Å²) in [6.45, 7) is 5.17. The molecule has 0 amide bonds. The largest absolute Gasteiger partial charge is 0.316 e. The number of nitrogens with one attached hydrogen (secondary N) is 1. The second kappa shape index (κ2) is 7.22. The SMILES string of the molecule is CCN(C)Cc1ccc(-c2ccccc2CNC)cc1. The van der Waals surface area contributed by atoms with E-state index in [1.54, 1.807) is 0 Å². The summed E-state index contributed by atoms with van der Waals surface area (Å²) in [5.41, 5.74) is 5.31. The Morgan fingerprint density at radius 2 is 1.70 bits per heavy atom. The molecule has 0 spiro atoms. The molecule has 0 aliphatic rings. The van der Waals surface area contributed by atoms with Crippen molar-refractivity contribution in [3.8, 4) is 11.1 Å². The van der Waals surface area contributed by atoms with Crippen molar-refractivity contribution in [2.75, 3.05) is 20.6 Å². The molecule has 2 rings (SSSR count). The van der Waals surface area contributed by atoms with E-state index in [-0.39, 0.29) is 0 Å². The van der Waals surface area contributed by atoms with Crippen molar-refractivity contribution in [3.05, 3.63) is 59.7 Å². The third kappa shape index (κ3) is 3.69. The van der Waals surface area contributed by atoms with E-state index in [1.807, 2.05) is 7.05 Å². The fraction of sp³-hybridized carbons (Fsp3) is 0.333. The van der Waals surface area contributed by atoms with E-state index < -0.39 is 0 Å². The topological polar surface area (TPSA) is 15.3 Å². The highest BCUT2D eigenvalue weighted by Crippen LogP contribution is 2.24. The van der Waals surface area contributed by atoms with E-state index in [4.69, 9.17) is 0 Å². The van der Waals surface area contributed by atoms with Crippen LogP contribution in [0.4, 0.5) is 0 Å². The van der Waals surface area contributed by atoms with E-state index in [2.05, 4.69) is 72.7 Å². The van der Waals surface area contributed by atoms with Gasteiger partial charge in [-0.25, -0.2) is 0 Å². The summed E-state index contributed by atoms with van der Waals surface area (Å²) in [7, 11) is 4.14. The molecule has 1 N–H and O–H groups in total. The van der Waals surface area contributed by atoms with Crippen LogP contribution in [-0.4, -0.2) is 25.5 Å². The van der Waals surface area contributed by atoms with Crippen molar-refractivity contribution in [2.24, 2.45) is 0 Å². The van der Waals surface area contributed by atoms with E-state index in [1.165, 1.54) is 22.3 Å². The first-order chi connectivity index (χ1) is 9.74. The van der Waals surface area contributed by atoms with Crippen LogP contribution in [0.3, 0.4) is 0 Å². The lowest BCUT2D eigenvalue weighted by atomic mass is 9.98. The summed E-state index contributed by atoms with van der Waals surface area (Å²) < 4.78 is 0. The Balaban J connectivity index is 2.21. The second-order valence-electron chi connectivity index (χ2n) is 5.21. The third-order valence-corrected chi connectivity index (χ3v) is 3.64. The first kappa shape index (κ1) is 14.8. The van der Waals surface area contributed by atoms with Gasteiger partial charge in [0.25, 0.3) is 0 Å². The summed E-state index contributed by atoms with van der Waals surface area (Å²) in [5.74, 6) is 0. The van der Waals surface area contributed by atoms with Crippen molar-refractivity contribution in [1.82, 2.24) is 10.2 Å². The fourth-order valence-electron chi connectivity index (χ4n) is 2.36. The molecule has 0 unspecified atom stereocenters. The van der Waals surface area contributed by atoms with Crippen molar-refractivity contribution in [1.29, 1.82) is 0 Å². The molecule has 0 atom stereocenters. The van der Waals surface area contributed by atoms with Gasteiger partial charge in [-0.2, -0.15) is 0 Å². The van der Waals surface area contributed by atoms with Crippen molar-refractivity contribution >= 4 is 0 Å². The van der Waals surface area contributed by atoms with Gasteiger partial charge in [-0.05, 0) is 42.9 Å². The Bertz CT molecular complexity index is 531. The first-order valence-corrected chi connectivity index (χ1v) is 7.25.